The van der Waals surface area contributed by atoms with Crippen LogP contribution in [0.5, 0.6) is 0 Å². The first kappa shape index (κ1) is 16.0. The largest absolute Gasteiger partial charge is 0.456 e. The van der Waals surface area contributed by atoms with E-state index in [0.29, 0.717) is 11.5 Å². The van der Waals surface area contributed by atoms with Crippen molar-refractivity contribution >= 4 is 37.8 Å². The Labute approximate surface area is 136 Å². The van der Waals surface area contributed by atoms with Crippen molar-refractivity contribution in [2.75, 3.05) is 13.1 Å². The zero-order valence-corrected chi connectivity index (χ0v) is 14.9. The second-order valence-electron chi connectivity index (χ2n) is 5.61. The number of carbonyl (C=O) groups excluding carboxylic acids is 1. The minimum absolute atomic E-state index is 0.284. The zero-order valence-electron chi connectivity index (χ0n) is 11.7. The van der Waals surface area contributed by atoms with Crippen molar-refractivity contribution in [2.45, 2.75) is 32.3 Å². The molecule has 0 aromatic heterocycles. The number of esters is 1. The number of hydrogen-bond donors (Lipinski definition) is 1. The number of rotatable bonds is 3. The maximum atomic E-state index is 12.4. The highest BCUT2D eigenvalue weighted by Crippen LogP contribution is 2.32. The molecule has 0 spiro atoms. The van der Waals surface area contributed by atoms with Crippen molar-refractivity contribution in [3.05, 3.63) is 32.7 Å². The quantitative estimate of drug-likeness (QED) is 0.769. The van der Waals surface area contributed by atoms with Crippen LogP contribution >= 0.6 is 31.9 Å². The number of piperidine rings is 1. The van der Waals surface area contributed by atoms with Crippen LogP contribution in [0.3, 0.4) is 0 Å². The summed E-state index contributed by atoms with van der Waals surface area (Å²) in [5.74, 6) is 0.113. The monoisotopic (exact) mass is 403 g/mol. The van der Waals surface area contributed by atoms with E-state index in [9.17, 15) is 4.79 Å². The first-order valence-corrected chi connectivity index (χ1v) is 8.38. The minimum atomic E-state index is -0.450. The lowest BCUT2D eigenvalue weighted by Crippen LogP contribution is -2.42. The molecule has 0 atom stereocenters. The van der Waals surface area contributed by atoms with Crippen molar-refractivity contribution in [3.63, 3.8) is 0 Å². The SMILES string of the molecule is CC(C)(OC(=O)c1c(Br)cccc1Br)C1CCNCC1. The Morgan fingerprint density at radius 1 is 1.25 bits per heavy atom. The number of nitrogens with one attached hydrogen (secondary N) is 1. The van der Waals surface area contributed by atoms with Gasteiger partial charge in [0.1, 0.15) is 5.60 Å². The fraction of sp³-hybridized carbons (Fsp3) is 0.533. The van der Waals surface area contributed by atoms with Crippen LogP contribution in [-0.4, -0.2) is 24.7 Å². The van der Waals surface area contributed by atoms with E-state index in [4.69, 9.17) is 4.74 Å². The molecular weight excluding hydrogens is 386 g/mol. The molecule has 3 nitrogen and oxygen atoms in total. The average molecular weight is 405 g/mol. The smallest absolute Gasteiger partial charge is 0.340 e. The van der Waals surface area contributed by atoms with E-state index in [1.807, 2.05) is 32.0 Å². The number of benzene rings is 1. The van der Waals surface area contributed by atoms with E-state index in [2.05, 4.69) is 37.2 Å². The molecule has 1 fully saturated rings. The van der Waals surface area contributed by atoms with E-state index in [1.165, 1.54) is 0 Å². The van der Waals surface area contributed by atoms with Gasteiger partial charge >= 0.3 is 5.97 Å². The van der Waals surface area contributed by atoms with Gasteiger partial charge in [-0.05, 0) is 83.8 Å². The maximum absolute atomic E-state index is 12.4. The van der Waals surface area contributed by atoms with E-state index in [0.717, 1.165) is 34.9 Å². The molecule has 1 saturated heterocycles. The normalized spacial score (nSPS) is 17.0. The van der Waals surface area contributed by atoms with E-state index >= 15 is 0 Å². The van der Waals surface area contributed by atoms with Crippen LogP contribution in [0.2, 0.25) is 0 Å². The summed E-state index contributed by atoms with van der Waals surface area (Å²) >= 11 is 6.82. The topological polar surface area (TPSA) is 38.3 Å². The highest BCUT2D eigenvalue weighted by atomic mass is 79.9. The Morgan fingerprint density at radius 2 is 1.80 bits per heavy atom. The fourth-order valence-corrected chi connectivity index (χ4v) is 3.91. The Kier molecular flexibility index (Phi) is 5.26. The third-order valence-electron chi connectivity index (χ3n) is 3.84. The predicted octanol–water partition coefficient (Wildman–Crippen LogP) is 4.15. The van der Waals surface area contributed by atoms with Gasteiger partial charge in [0, 0.05) is 14.9 Å². The summed E-state index contributed by atoms with van der Waals surface area (Å²) in [5, 5.41) is 3.33. The highest BCUT2D eigenvalue weighted by Gasteiger charge is 2.35. The molecule has 1 aromatic carbocycles. The van der Waals surface area contributed by atoms with Crippen LogP contribution in [0, 0.1) is 5.92 Å². The van der Waals surface area contributed by atoms with Crippen molar-refractivity contribution in [1.82, 2.24) is 5.32 Å². The summed E-state index contributed by atoms with van der Waals surface area (Å²) in [6.45, 7) is 5.99. The van der Waals surface area contributed by atoms with Crippen LogP contribution in [0.25, 0.3) is 0 Å². The average Bonchev–Trinajstić information content (AvgIpc) is 2.39. The molecule has 5 heteroatoms. The van der Waals surface area contributed by atoms with Gasteiger partial charge in [0.2, 0.25) is 0 Å². The molecular formula is C15H19Br2NO2. The summed E-state index contributed by atoms with van der Waals surface area (Å²) in [5.41, 5.74) is 0.1000. The van der Waals surface area contributed by atoms with Crippen LogP contribution in [0.15, 0.2) is 27.1 Å². The molecule has 110 valence electrons. The van der Waals surface area contributed by atoms with Gasteiger partial charge < -0.3 is 10.1 Å². The second-order valence-corrected chi connectivity index (χ2v) is 7.32. The van der Waals surface area contributed by atoms with Crippen LogP contribution in [0.4, 0.5) is 0 Å². The van der Waals surface area contributed by atoms with Gasteiger partial charge in [0.25, 0.3) is 0 Å². The lowest BCUT2D eigenvalue weighted by molar-refractivity contribution is -0.0369. The van der Waals surface area contributed by atoms with Crippen molar-refractivity contribution in [3.8, 4) is 0 Å². The molecule has 1 aliphatic rings. The molecule has 0 aliphatic carbocycles. The van der Waals surface area contributed by atoms with Crippen molar-refractivity contribution in [2.24, 2.45) is 5.92 Å². The van der Waals surface area contributed by atoms with Gasteiger partial charge in [-0.25, -0.2) is 4.79 Å². The first-order chi connectivity index (χ1) is 9.42. The van der Waals surface area contributed by atoms with Crippen LogP contribution < -0.4 is 5.32 Å². The molecule has 0 radical (unpaired) electrons. The van der Waals surface area contributed by atoms with Crippen LogP contribution in [0.1, 0.15) is 37.0 Å². The molecule has 0 unspecified atom stereocenters. The molecule has 1 N–H and O–H groups in total. The van der Waals surface area contributed by atoms with E-state index < -0.39 is 5.60 Å². The number of ether oxygens (including phenoxy) is 1. The summed E-state index contributed by atoms with van der Waals surface area (Å²) < 4.78 is 7.29. The Bertz CT molecular complexity index is 476. The number of carbonyl (C=O) groups is 1. The standard InChI is InChI=1S/C15H19Br2NO2/c1-15(2,10-6-8-18-9-7-10)20-14(19)13-11(16)4-3-5-12(13)17/h3-5,10,18H,6-9H2,1-2H3. The Hall–Kier alpha value is -0.390. The van der Waals surface area contributed by atoms with Gasteiger partial charge in [-0.15, -0.1) is 0 Å². The van der Waals surface area contributed by atoms with Gasteiger partial charge in [0.15, 0.2) is 0 Å². The van der Waals surface area contributed by atoms with E-state index in [1.54, 1.807) is 0 Å². The first-order valence-electron chi connectivity index (χ1n) is 6.80. The van der Waals surface area contributed by atoms with E-state index in [-0.39, 0.29) is 5.97 Å². The van der Waals surface area contributed by atoms with Gasteiger partial charge in [0.05, 0.1) is 5.56 Å². The lowest BCUT2D eigenvalue weighted by Gasteiger charge is -2.36. The predicted molar refractivity (Wildman–Crippen MR) is 86.9 cm³/mol. The van der Waals surface area contributed by atoms with Gasteiger partial charge in [-0.3, -0.25) is 0 Å². The van der Waals surface area contributed by atoms with Crippen molar-refractivity contribution in [1.29, 1.82) is 0 Å². The minimum Gasteiger partial charge on any atom is -0.456 e. The molecule has 0 amide bonds. The Morgan fingerprint density at radius 3 is 2.35 bits per heavy atom. The third-order valence-corrected chi connectivity index (χ3v) is 5.17. The summed E-state index contributed by atoms with van der Waals surface area (Å²) in [7, 11) is 0. The third kappa shape index (κ3) is 3.62. The number of hydrogen-bond acceptors (Lipinski definition) is 3. The maximum Gasteiger partial charge on any atom is 0.340 e. The summed E-state index contributed by atoms with van der Waals surface area (Å²) in [6.07, 6.45) is 2.08. The van der Waals surface area contributed by atoms with Gasteiger partial charge in [-0.1, -0.05) is 6.07 Å². The summed E-state index contributed by atoms with van der Waals surface area (Å²) in [6, 6.07) is 5.57. The molecule has 0 bridgehead atoms. The molecule has 1 aromatic rings. The molecule has 1 aliphatic heterocycles. The molecule has 20 heavy (non-hydrogen) atoms. The lowest BCUT2D eigenvalue weighted by atomic mass is 9.83. The summed E-state index contributed by atoms with van der Waals surface area (Å²) in [4.78, 5) is 12.4. The van der Waals surface area contributed by atoms with Crippen LogP contribution in [-0.2, 0) is 4.74 Å². The fourth-order valence-electron chi connectivity index (χ4n) is 2.58. The second kappa shape index (κ2) is 6.58. The van der Waals surface area contributed by atoms with Gasteiger partial charge in [-0.2, -0.15) is 0 Å². The molecule has 0 saturated carbocycles. The Balaban J connectivity index is 2.14. The zero-order chi connectivity index (χ0) is 14.8. The molecule has 1 heterocycles. The van der Waals surface area contributed by atoms with Crippen molar-refractivity contribution < 1.29 is 9.53 Å². The highest BCUT2D eigenvalue weighted by molar-refractivity contribution is 9.11. The molecule has 2 rings (SSSR count). The number of halogens is 2.